The number of nitrogens with two attached hydrogens (primary N) is 1. The second-order valence-electron chi connectivity index (χ2n) is 5.54. The van der Waals surface area contributed by atoms with E-state index >= 15 is 0 Å². The van der Waals surface area contributed by atoms with Crippen LogP contribution >= 0.6 is 15.9 Å². The summed E-state index contributed by atoms with van der Waals surface area (Å²) in [5.41, 5.74) is 10.4. The predicted molar refractivity (Wildman–Crippen MR) is 98.4 cm³/mol. The van der Waals surface area contributed by atoms with Crippen molar-refractivity contribution in [2.75, 3.05) is 5.73 Å². The van der Waals surface area contributed by atoms with E-state index in [0.717, 1.165) is 49.6 Å². The average molecular weight is 367 g/mol. The molecule has 0 radical (unpaired) electrons. The summed E-state index contributed by atoms with van der Waals surface area (Å²) in [6, 6.07) is 16.1. The zero-order valence-corrected chi connectivity index (χ0v) is 14.2. The molecule has 0 atom stereocenters. The van der Waals surface area contributed by atoms with Crippen LogP contribution in [0.1, 0.15) is 12.5 Å². The molecular formula is C19H15BrN2O. The standard InChI is InChI=1S/C19H15BrN2O/c1-2-11-9-12(21)10-17-18(11)23-19(22-17)15-7-3-6-14-13(15)5-4-8-16(14)20/h3-10H,2,21H2,1H3. The third kappa shape index (κ3) is 2.30. The van der Waals surface area contributed by atoms with Crippen molar-refractivity contribution in [3.8, 4) is 11.5 Å². The molecule has 0 amide bonds. The van der Waals surface area contributed by atoms with Gasteiger partial charge in [0, 0.05) is 15.7 Å². The number of nitrogen functional groups attached to an aromatic ring is 1. The number of nitrogens with zero attached hydrogens (tertiary/aromatic N) is 1. The Balaban J connectivity index is 2.02. The zero-order chi connectivity index (χ0) is 16.0. The number of fused-ring (bicyclic) bond motifs is 2. The van der Waals surface area contributed by atoms with Crippen molar-refractivity contribution in [2.45, 2.75) is 13.3 Å². The Bertz CT molecular complexity index is 1040. The topological polar surface area (TPSA) is 52.0 Å². The third-order valence-corrected chi connectivity index (χ3v) is 4.76. The molecule has 1 heterocycles. The summed E-state index contributed by atoms with van der Waals surface area (Å²) < 4.78 is 7.16. The van der Waals surface area contributed by atoms with Gasteiger partial charge < -0.3 is 10.2 Å². The molecular weight excluding hydrogens is 352 g/mol. The number of aryl methyl sites for hydroxylation is 1. The van der Waals surface area contributed by atoms with Crippen molar-refractivity contribution in [1.29, 1.82) is 0 Å². The highest BCUT2D eigenvalue weighted by Crippen LogP contribution is 2.34. The molecule has 4 aromatic rings. The number of benzene rings is 3. The zero-order valence-electron chi connectivity index (χ0n) is 12.6. The SMILES string of the molecule is CCc1cc(N)cc2nc(-c3cccc4c(Br)cccc34)oc12. The van der Waals surface area contributed by atoms with Crippen molar-refractivity contribution in [3.05, 3.63) is 58.6 Å². The van der Waals surface area contributed by atoms with Crippen molar-refractivity contribution in [3.63, 3.8) is 0 Å². The van der Waals surface area contributed by atoms with Gasteiger partial charge in [-0.2, -0.15) is 0 Å². The van der Waals surface area contributed by atoms with E-state index in [1.165, 1.54) is 0 Å². The Morgan fingerprint density at radius 3 is 2.70 bits per heavy atom. The van der Waals surface area contributed by atoms with Gasteiger partial charge in [0.15, 0.2) is 5.58 Å². The van der Waals surface area contributed by atoms with E-state index in [1.54, 1.807) is 0 Å². The first-order valence-corrected chi connectivity index (χ1v) is 8.33. The van der Waals surface area contributed by atoms with Crippen molar-refractivity contribution in [2.24, 2.45) is 0 Å². The van der Waals surface area contributed by atoms with Gasteiger partial charge in [-0.05, 0) is 47.0 Å². The van der Waals surface area contributed by atoms with Crippen LogP contribution in [0.3, 0.4) is 0 Å². The van der Waals surface area contributed by atoms with Crippen molar-refractivity contribution in [1.82, 2.24) is 4.98 Å². The van der Waals surface area contributed by atoms with E-state index in [9.17, 15) is 0 Å². The highest BCUT2D eigenvalue weighted by atomic mass is 79.9. The van der Waals surface area contributed by atoms with Crippen LogP contribution in [0.25, 0.3) is 33.3 Å². The molecule has 0 spiro atoms. The van der Waals surface area contributed by atoms with Crippen LogP contribution in [0.15, 0.2) is 57.4 Å². The fraction of sp³-hybridized carbons (Fsp3) is 0.105. The molecule has 2 N–H and O–H groups in total. The van der Waals surface area contributed by atoms with Gasteiger partial charge in [0.2, 0.25) is 5.89 Å². The Hall–Kier alpha value is -2.33. The lowest BCUT2D eigenvalue weighted by atomic mass is 10.0. The summed E-state index contributed by atoms with van der Waals surface area (Å²) in [5, 5.41) is 2.25. The average Bonchev–Trinajstić information content (AvgIpc) is 2.97. The van der Waals surface area contributed by atoms with Gasteiger partial charge in [-0.3, -0.25) is 0 Å². The van der Waals surface area contributed by atoms with Gasteiger partial charge in [-0.1, -0.05) is 47.1 Å². The van der Waals surface area contributed by atoms with E-state index in [0.29, 0.717) is 5.89 Å². The fourth-order valence-corrected chi connectivity index (χ4v) is 3.46. The maximum Gasteiger partial charge on any atom is 0.227 e. The molecule has 23 heavy (non-hydrogen) atoms. The minimum atomic E-state index is 0.629. The molecule has 0 saturated heterocycles. The highest BCUT2D eigenvalue weighted by molar-refractivity contribution is 9.10. The van der Waals surface area contributed by atoms with Gasteiger partial charge in [-0.25, -0.2) is 4.98 Å². The molecule has 114 valence electrons. The van der Waals surface area contributed by atoms with Crippen molar-refractivity contribution < 1.29 is 4.42 Å². The Morgan fingerprint density at radius 1 is 1.09 bits per heavy atom. The number of rotatable bonds is 2. The largest absolute Gasteiger partial charge is 0.436 e. The van der Waals surface area contributed by atoms with Crippen LogP contribution in [0.2, 0.25) is 0 Å². The number of halogens is 1. The molecule has 0 fully saturated rings. The summed E-state index contributed by atoms with van der Waals surface area (Å²) in [5.74, 6) is 0.629. The summed E-state index contributed by atoms with van der Waals surface area (Å²) in [6.07, 6.45) is 0.858. The third-order valence-electron chi connectivity index (χ3n) is 4.07. The van der Waals surface area contributed by atoms with E-state index in [1.807, 2.05) is 36.4 Å². The number of hydrogen-bond acceptors (Lipinski definition) is 3. The normalized spacial score (nSPS) is 11.4. The van der Waals surface area contributed by atoms with Gasteiger partial charge in [0.25, 0.3) is 0 Å². The second-order valence-corrected chi connectivity index (χ2v) is 6.40. The maximum atomic E-state index is 6.10. The van der Waals surface area contributed by atoms with Crippen LogP contribution < -0.4 is 5.73 Å². The van der Waals surface area contributed by atoms with Crippen LogP contribution in [-0.2, 0) is 6.42 Å². The molecule has 4 heteroatoms. The Morgan fingerprint density at radius 2 is 1.87 bits per heavy atom. The molecule has 0 bridgehead atoms. The van der Waals surface area contributed by atoms with Crippen LogP contribution in [0.5, 0.6) is 0 Å². The quantitative estimate of drug-likeness (QED) is 0.472. The van der Waals surface area contributed by atoms with Crippen LogP contribution in [0.4, 0.5) is 5.69 Å². The maximum absolute atomic E-state index is 6.10. The lowest BCUT2D eigenvalue weighted by Gasteiger charge is -2.04. The molecule has 0 aliphatic rings. The minimum Gasteiger partial charge on any atom is -0.436 e. The number of hydrogen-bond donors (Lipinski definition) is 1. The van der Waals surface area contributed by atoms with Gasteiger partial charge in [0.05, 0.1) is 0 Å². The molecule has 3 nitrogen and oxygen atoms in total. The van der Waals surface area contributed by atoms with Gasteiger partial charge >= 0.3 is 0 Å². The summed E-state index contributed by atoms with van der Waals surface area (Å²) in [6.45, 7) is 2.09. The van der Waals surface area contributed by atoms with E-state index in [4.69, 9.17) is 10.2 Å². The summed E-state index contributed by atoms with van der Waals surface area (Å²) in [7, 11) is 0. The van der Waals surface area contributed by atoms with Gasteiger partial charge in [-0.15, -0.1) is 0 Å². The van der Waals surface area contributed by atoms with Gasteiger partial charge in [0.1, 0.15) is 5.52 Å². The van der Waals surface area contributed by atoms with Crippen LogP contribution in [0, 0.1) is 0 Å². The Labute approximate surface area is 142 Å². The predicted octanol–water partition coefficient (Wildman–Crippen LogP) is 5.56. The molecule has 1 aromatic heterocycles. The summed E-state index contributed by atoms with van der Waals surface area (Å²) in [4.78, 5) is 4.67. The van der Waals surface area contributed by atoms with Crippen LogP contribution in [-0.4, -0.2) is 4.98 Å². The van der Waals surface area contributed by atoms with E-state index in [2.05, 4.69) is 40.0 Å². The highest BCUT2D eigenvalue weighted by Gasteiger charge is 2.14. The first kappa shape index (κ1) is 14.3. The number of anilines is 1. The molecule has 0 unspecified atom stereocenters. The first-order valence-electron chi connectivity index (χ1n) is 7.54. The molecule has 3 aromatic carbocycles. The lowest BCUT2D eigenvalue weighted by Crippen LogP contribution is -1.88. The smallest absolute Gasteiger partial charge is 0.227 e. The van der Waals surface area contributed by atoms with Crippen molar-refractivity contribution >= 4 is 43.5 Å². The molecule has 4 rings (SSSR count). The second kappa shape index (κ2) is 5.39. The fourth-order valence-electron chi connectivity index (χ4n) is 2.96. The summed E-state index contributed by atoms with van der Waals surface area (Å²) >= 11 is 3.60. The number of aromatic nitrogens is 1. The number of oxazole rings is 1. The Kier molecular flexibility index (Phi) is 3.34. The monoisotopic (exact) mass is 366 g/mol. The van der Waals surface area contributed by atoms with E-state index in [-0.39, 0.29) is 0 Å². The van der Waals surface area contributed by atoms with E-state index < -0.39 is 0 Å². The lowest BCUT2D eigenvalue weighted by molar-refractivity contribution is 0.616. The first-order chi connectivity index (χ1) is 11.2. The molecule has 0 aliphatic carbocycles. The minimum absolute atomic E-state index is 0.629. The molecule has 0 aliphatic heterocycles. The molecule has 0 saturated carbocycles.